The predicted molar refractivity (Wildman–Crippen MR) is 70.4 cm³/mol. The number of rotatable bonds is 4. The Morgan fingerprint density at radius 2 is 2.17 bits per heavy atom. The van der Waals surface area contributed by atoms with Crippen molar-refractivity contribution < 1.29 is 9.53 Å². The van der Waals surface area contributed by atoms with Gasteiger partial charge in [0.15, 0.2) is 0 Å². The Balaban J connectivity index is 3.03. The van der Waals surface area contributed by atoms with E-state index in [0.717, 1.165) is 12.0 Å². The zero-order valence-electron chi connectivity index (χ0n) is 11.2. The van der Waals surface area contributed by atoms with Crippen molar-refractivity contribution in [2.45, 2.75) is 27.2 Å². The first-order chi connectivity index (χ1) is 8.44. The van der Waals surface area contributed by atoms with Gasteiger partial charge in [-0.2, -0.15) is 5.26 Å². The quantitative estimate of drug-likeness (QED) is 0.888. The van der Waals surface area contributed by atoms with Gasteiger partial charge in [0.2, 0.25) is 5.91 Å². The van der Waals surface area contributed by atoms with Gasteiger partial charge in [-0.05, 0) is 38.0 Å². The summed E-state index contributed by atoms with van der Waals surface area (Å²) in [4.78, 5) is 11.9. The molecule has 4 heteroatoms. The number of benzene rings is 1. The molecule has 0 heterocycles. The summed E-state index contributed by atoms with van der Waals surface area (Å²) < 4.78 is 5.19. The van der Waals surface area contributed by atoms with Crippen LogP contribution in [0, 0.1) is 16.7 Å². The minimum atomic E-state index is -1.06. The number of aryl methyl sites for hydroxylation is 1. The first kappa shape index (κ1) is 14.0. The smallest absolute Gasteiger partial charge is 0.244 e. The van der Waals surface area contributed by atoms with Crippen LogP contribution in [0.3, 0.4) is 0 Å². The van der Waals surface area contributed by atoms with Gasteiger partial charge >= 0.3 is 0 Å². The fourth-order valence-electron chi connectivity index (χ4n) is 1.40. The summed E-state index contributed by atoms with van der Waals surface area (Å²) in [6, 6.07) is 7.60. The van der Waals surface area contributed by atoms with E-state index in [1.807, 2.05) is 31.2 Å². The predicted octanol–water partition coefficient (Wildman–Crippen LogP) is 2.75. The van der Waals surface area contributed by atoms with E-state index in [1.54, 1.807) is 21.0 Å². The zero-order chi connectivity index (χ0) is 13.8. The Morgan fingerprint density at radius 3 is 2.67 bits per heavy atom. The molecule has 0 aliphatic rings. The number of ether oxygens (including phenoxy) is 1. The molecule has 0 unspecified atom stereocenters. The molecule has 0 aliphatic carbocycles. The molecule has 0 saturated heterocycles. The first-order valence-electron chi connectivity index (χ1n) is 5.84. The van der Waals surface area contributed by atoms with Gasteiger partial charge in [0.05, 0.1) is 18.9 Å². The highest BCUT2D eigenvalue weighted by atomic mass is 16.5. The fraction of sp³-hybridized carbons (Fsp3) is 0.429. The highest BCUT2D eigenvalue weighted by Crippen LogP contribution is 2.27. The lowest BCUT2D eigenvalue weighted by Gasteiger charge is -2.17. The van der Waals surface area contributed by atoms with Gasteiger partial charge in [-0.3, -0.25) is 4.79 Å². The van der Waals surface area contributed by atoms with Crippen molar-refractivity contribution in [2.24, 2.45) is 5.41 Å². The lowest BCUT2D eigenvalue weighted by molar-refractivity contribution is -0.121. The standard InChI is InChI=1S/C14H18N2O2/c1-5-10-6-7-12(18-4)11(8-10)16-13(17)14(2,3)9-15/h6-8H,5H2,1-4H3,(H,16,17). The van der Waals surface area contributed by atoms with E-state index in [0.29, 0.717) is 11.4 Å². The van der Waals surface area contributed by atoms with Gasteiger partial charge in [-0.15, -0.1) is 0 Å². The number of carbonyl (C=O) groups is 1. The van der Waals surface area contributed by atoms with Crippen LogP contribution in [-0.2, 0) is 11.2 Å². The third-order valence-corrected chi connectivity index (χ3v) is 2.77. The van der Waals surface area contributed by atoms with Gasteiger partial charge in [0.1, 0.15) is 11.2 Å². The molecule has 0 aromatic heterocycles. The van der Waals surface area contributed by atoms with Crippen LogP contribution in [0.15, 0.2) is 18.2 Å². The SMILES string of the molecule is CCc1ccc(OC)c(NC(=O)C(C)(C)C#N)c1. The summed E-state index contributed by atoms with van der Waals surface area (Å²) >= 11 is 0. The van der Waals surface area contributed by atoms with Gasteiger partial charge < -0.3 is 10.1 Å². The van der Waals surface area contributed by atoms with E-state index in [4.69, 9.17) is 10.00 Å². The van der Waals surface area contributed by atoms with E-state index >= 15 is 0 Å². The highest BCUT2D eigenvalue weighted by Gasteiger charge is 2.27. The zero-order valence-corrected chi connectivity index (χ0v) is 11.2. The number of anilines is 1. The van der Waals surface area contributed by atoms with Crippen LogP contribution in [-0.4, -0.2) is 13.0 Å². The van der Waals surface area contributed by atoms with Crippen LogP contribution < -0.4 is 10.1 Å². The van der Waals surface area contributed by atoms with Crippen molar-refractivity contribution in [3.8, 4) is 11.8 Å². The molecule has 0 fully saturated rings. The van der Waals surface area contributed by atoms with Gasteiger partial charge in [-0.1, -0.05) is 13.0 Å². The maximum atomic E-state index is 11.9. The van der Waals surface area contributed by atoms with Crippen LogP contribution in [0.4, 0.5) is 5.69 Å². The second kappa shape index (κ2) is 5.54. The molecular formula is C14H18N2O2. The van der Waals surface area contributed by atoms with Crippen molar-refractivity contribution in [3.63, 3.8) is 0 Å². The third kappa shape index (κ3) is 3.01. The summed E-state index contributed by atoms with van der Waals surface area (Å²) in [6.07, 6.45) is 0.870. The fourth-order valence-corrected chi connectivity index (χ4v) is 1.40. The summed E-state index contributed by atoms with van der Waals surface area (Å²) in [5, 5.41) is 11.7. The molecule has 96 valence electrons. The second-order valence-electron chi connectivity index (χ2n) is 4.58. The molecule has 0 bridgehead atoms. The van der Waals surface area contributed by atoms with E-state index in [-0.39, 0.29) is 5.91 Å². The van der Waals surface area contributed by atoms with Crippen molar-refractivity contribution in [3.05, 3.63) is 23.8 Å². The van der Waals surface area contributed by atoms with Crippen molar-refractivity contribution in [1.29, 1.82) is 5.26 Å². The highest BCUT2D eigenvalue weighted by molar-refractivity contribution is 5.97. The van der Waals surface area contributed by atoms with Crippen LogP contribution in [0.1, 0.15) is 26.3 Å². The Labute approximate surface area is 108 Å². The lowest BCUT2D eigenvalue weighted by atomic mass is 9.94. The van der Waals surface area contributed by atoms with Crippen LogP contribution in [0.25, 0.3) is 0 Å². The molecule has 4 nitrogen and oxygen atoms in total. The molecular weight excluding hydrogens is 228 g/mol. The van der Waals surface area contributed by atoms with E-state index < -0.39 is 5.41 Å². The van der Waals surface area contributed by atoms with Crippen molar-refractivity contribution in [2.75, 3.05) is 12.4 Å². The molecule has 1 aromatic carbocycles. The van der Waals surface area contributed by atoms with Crippen molar-refractivity contribution in [1.82, 2.24) is 0 Å². The van der Waals surface area contributed by atoms with Gasteiger partial charge in [-0.25, -0.2) is 0 Å². The summed E-state index contributed by atoms with van der Waals surface area (Å²) in [7, 11) is 1.55. The molecule has 0 saturated carbocycles. The largest absolute Gasteiger partial charge is 0.495 e. The Hall–Kier alpha value is -2.02. The van der Waals surface area contributed by atoms with Crippen molar-refractivity contribution >= 4 is 11.6 Å². The molecule has 1 rings (SSSR count). The maximum absolute atomic E-state index is 11.9. The Morgan fingerprint density at radius 1 is 1.50 bits per heavy atom. The Bertz CT molecular complexity index is 487. The first-order valence-corrected chi connectivity index (χ1v) is 5.84. The van der Waals surface area contributed by atoms with E-state index in [1.165, 1.54) is 0 Å². The molecule has 18 heavy (non-hydrogen) atoms. The summed E-state index contributed by atoms with van der Waals surface area (Å²) in [5.74, 6) is 0.255. The molecule has 1 aromatic rings. The number of hydrogen-bond donors (Lipinski definition) is 1. The number of hydrogen-bond acceptors (Lipinski definition) is 3. The monoisotopic (exact) mass is 246 g/mol. The van der Waals surface area contributed by atoms with Crippen LogP contribution in [0.5, 0.6) is 5.75 Å². The number of amides is 1. The molecule has 1 amide bonds. The summed E-state index contributed by atoms with van der Waals surface area (Å²) in [5.41, 5.74) is 0.638. The lowest BCUT2D eigenvalue weighted by Crippen LogP contribution is -2.29. The minimum Gasteiger partial charge on any atom is -0.495 e. The third-order valence-electron chi connectivity index (χ3n) is 2.77. The maximum Gasteiger partial charge on any atom is 0.244 e. The molecule has 0 radical (unpaired) electrons. The summed E-state index contributed by atoms with van der Waals surface area (Å²) in [6.45, 7) is 5.20. The van der Waals surface area contributed by atoms with E-state index in [2.05, 4.69) is 5.32 Å². The molecule has 0 spiro atoms. The normalized spacial score (nSPS) is 10.6. The number of carbonyl (C=O) groups excluding carboxylic acids is 1. The molecule has 0 atom stereocenters. The number of nitriles is 1. The number of methoxy groups -OCH3 is 1. The average molecular weight is 246 g/mol. The van der Waals surface area contributed by atoms with Crippen LogP contribution >= 0.6 is 0 Å². The van der Waals surface area contributed by atoms with E-state index in [9.17, 15) is 4.79 Å². The second-order valence-corrected chi connectivity index (χ2v) is 4.58. The van der Waals surface area contributed by atoms with Gasteiger partial charge in [0, 0.05) is 0 Å². The van der Waals surface area contributed by atoms with Gasteiger partial charge in [0.25, 0.3) is 0 Å². The molecule has 0 aliphatic heterocycles. The number of nitrogens with one attached hydrogen (secondary N) is 1. The number of nitrogens with zero attached hydrogens (tertiary/aromatic N) is 1. The Kier molecular flexibility index (Phi) is 4.33. The minimum absolute atomic E-state index is 0.337. The van der Waals surface area contributed by atoms with Crippen LogP contribution in [0.2, 0.25) is 0 Å². The average Bonchev–Trinajstić information content (AvgIpc) is 2.38. The molecule has 1 N–H and O–H groups in total. The topological polar surface area (TPSA) is 62.1 Å².